The molecular formula is C15H24Cl2O5RuSi. The molecule has 140 valence electrons. The van der Waals surface area contributed by atoms with E-state index in [0.717, 1.165) is 11.3 Å². The molecule has 1 aromatic carbocycles. The summed E-state index contributed by atoms with van der Waals surface area (Å²) in [6.07, 6.45) is 0.260. The molecular weight excluding hydrogens is 460 g/mol. The van der Waals surface area contributed by atoms with Crippen LogP contribution in [0.4, 0.5) is 0 Å². The summed E-state index contributed by atoms with van der Waals surface area (Å²) in [5.41, 5.74) is 0.823. The Balaban J connectivity index is 2.98. The topological polar surface area (TPSA) is 46.2 Å². The first-order chi connectivity index (χ1) is 11.4. The SMILES string of the molecule is CCO[Si](COc1ccc(OC(C)C)c([CH]=[Ru]([Cl])[Cl])c1)(OC)OC. The van der Waals surface area contributed by atoms with Crippen LogP contribution in [0.2, 0.25) is 0 Å². The van der Waals surface area contributed by atoms with Crippen molar-refractivity contribution in [1.82, 2.24) is 0 Å². The van der Waals surface area contributed by atoms with Crippen LogP contribution < -0.4 is 9.47 Å². The van der Waals surface area contributed by atoms with Crippen molar-refractivity contribution in [2.24, 2.45) is 0 Å². The van der Waals surface area contributed by atoms with E-state index in [0.29, 0.717) is 12.4 Å². The summed E-state index contributed by atoms with van der Waals surface area (Å²) in [7, 11) is 12.3. The fourth-order valence-corrected chi connectivity index (χ4v) is 5.18. The average Bonchev–Trinajstić information content (AvgIpc) is 2.53. The van der Waals surface area contributed by atoms with E-state index in [1.165, 1.54) is 0 Å². The molecule has 9 heteroatoms. The van der Waals surface area contributed by atoms with Crippen LogP contribution in [0.15, 0.2) is 18.2 Å². The van der Waals surface area contributed by atoms with Crippen LogP contribution in [-0.4, -0.2) is 46.6 Å². The monoisotopic (exact) mass is 484 g/mol. The van der Waals surface area contributed by atoms with Crippen molar-refractivity contribution < 1.29 is 36.3 Å². The summed E-state index contributed by atoms with van der Waals surface area (Å²) in [4.78, 5) is 0. The quantitative estimate of drug-likeness (QED) is 0.474. The molecule has 0 saturated carbocycles. The Morgan fingerprint density at radius 3 is 2.38 bits per heavy atom. The van der Waals surface area contributed by atoms with Gasteiger partial charge in [0.15, 0.2) is 0 Å². The predicted octanol–water partition coefficient (Wildman–Crippen LogP) is 3.74. The van der Waals surface area contributed by atoms with Crippen molar-refractivity contribution in [2.45, 2.75) is 26.9 Å². The molecule has 1 aromatic rings. The third-order valence-electron chi connectivity index (χ3n) is 2.93. The molecule has 0 atom stereocenters. The Labute approximate surface area is 158 Å². The van der Waals surface area contributed by atoms with Gasteiger partial charge >= 0.3 is 158 Å². The number of benzene rings is 1. The van der Waals surface area contributed by atoms with Crippen molar-refractivity contribution in [1.29, 1.82) is 0 Å². The van der Waals surface area contributed by atoms with Gasteiger partial charge in [0.1, 0.15) is 0 Å². The summed E-state index contributed by atoms with van der Waals surface area (Å²) < 4.78 is 29.9. The van der Waals surface area contributed by atoms with E-state index in [1.54, 1.807) is 14.2 Å². The van der Waals surface area contributed by atoms with Gasteiger partial charge in [0.25, 0.3) is 0 Å². The summed E-state index contributed by atoms with van der Waals surface area (Å²) >= 11 is -1.99. The van der Waals surface area contributed by atoms with Gasteiger partial charge < -0.3 is 0 Å². The number of hydrogen-bond donors (Lipinski definition) is 0. The molecule has 0 aliphatic rings. The van der Waals surface area contributed by atoms with Gasteiger partial charge in [0.2, 0.25) is 0 Å². The van der Waals surface area contributed by atoms with Crippen molar-refractivity contribution in [3.8, 4) is 11.5 Å². The number of halogens is 2. The van der Waals surface area contributed by atoms with Gasteiger partial charge in [-0.05, 0) is 0 Å². The average molecular weight is 484 g/mol. The number of ether oxygens (including phenoxy) is 2. The Morgan fingerprint density at radius 2 is 1.88 bits per heavy atom. The van der Waals surface area contributed by atoms with Crippen LogP contribution in [0.3, 0.4) is 0 Å². The molecule has 5 nitrogen and oxygen atoms in total. The Kier molecular flexibility index (Phi) is 9.97. The van der Waals surface area contributed by atoms with Crippen LogP contribution >= 0.6 is 19.4 Å². The molecule has 24 heavy (non-hydrogen) atoms. The number of hydrogen-bond acceptors (Lipinski definition) is 5. The molecule has 1 rings (SSSR count). The normalized spacial score (nSPS) is 12.2. The second-order valence-corrected chi connectivity index (χ2v) is 13.5. The van der Waals surface area contributed by atoms with Crippen LogP contribution in [-0.2, 0) is 26.8 Å². The summed E-state index contributed by atoms with van der Waals surface area (Å²) in [5, 5.41) is 0. The molecule has 0 saturated heterocycles. The Bertz CT molecular complexity index is 549. The fourth-order valence-electron chi connectivity index (χ4n) is 1.89. The second-order valence-electron chi connectivity index (χ2n) is 4.99. The zero-order chi connectivity index (χ0) is 18.2. The van der Waals surface area contributed by atoms with E-state index >= 15 is 0 Å². The molecule has 0 aliphatic heterocycles. The molecule has 0 N–H and O–H groups in total. The van der Waals surface area contributed by atoms with Gasteiger partial charge in [-0.15, -0.1) is 0 Å². The molecule has 0 heterocycles. The van der Waals surface area contributed by atoms with Gasteiger partial charge in [-0.25, -0.2) is 0 Å². The zero-order valence-electron chi connectivity index (χ0n) is 14.5. The van der Waals surface area contributed by atoms with Crippen LogP contribution in [0.5, 0.6) is 11.5 Å². The molecule has 0 amide bonds. The maximum absolute atomic E-state index is 6.01. The van der Waals surface area contributed by atoms with E-state index in [9.17, 15) is 0 Å². The number of rotatable bonds is 10. The molecule has 0 bridgehead atoms. The van der Waals surface area contributed by atoms with Gasteiger partial charge in [-0.3, -0.25) is 0 Å². The first-order valence-electron chi connectivity index (χ1n) is 7.36. The Morgan fingerprint density at radius 1 is 1.21 bits per heavy atom. The molecule has 0 spiro atoms. The minimum absolute atomic E-state index is 0.0511. The predicted molar refractivity (Wildman–Crippen MR) is 96.0 cm³/mol. The van der Waals surface area contributed by atoms with Crippen LogP contribution in [0.25, 0.3) is 0 Å². The fraction of sp³-hybridized carbons (Fsp3) is 0.533. The van der Waals surface area contributed by atoms with E-state index in [4.69, 9.17) is 42.1 Å². The molecule has 0 fully saturated rings. The van der Waals surface area contributed by atoms with Crippen molar-refractivity contribution >= 4 is 32.8 Å². The third-order valence-corrected chi connectivity index (χ3v) is 7.24. The van der Waals surface area contributed by atoms with E-state index in [2.05, 4.69) is 0 Å². The van der Waals surface area contributed by atoms with Gasteiger partial charge in [-0.1, -0.05) is 0 Å². The van der Waals surface area contributed by atoms with Gasteiger partial charge in [0.05, 0.1) is 0 Å². The zero-order valence-corrected chi connectivity index (χ0v) is 18.7. The third kappa shape index (κ3) is 7.08. The summed E-state index contributed by atoms with van der Waals surface area (Å²) in [6, 6.07) is 5.51. The molecule has 0 aromatic heterocycles. The standard InChI is InChI=1S/C15H24O5Si.2ClH.Ru/c1-7-19-21(16-5,17-6)11-18-14-8-9-15(13(4)10-14)20-12(2)3;;;/h4,8-10,12H,7,11H2,1-3,5-6H3;2*1H;/q;;;+2/p-2. The molecule has 0 unspecified atom stereocenters. The van der Waals surface area contributed by atoms with E-state index in [-0.39, 0.29) is 12.3 Å². The Hall–Kier alpha value is -0.00974. The second kappa shape index (κ2) is 10.9. The van der Waals surface area contributed by atoms with Crippen LogP contribution in [0, 0.1) is 0 Å². The first-order valence-corrected chi connectivity index (χ1v) is 14.8. The van der Waals surface area contributed by atoms with E-state index in [1.807, 2.05) is 43.6 Å². The van der Waals surface area contributed by atoms with Crippen molar-refractivity contribution in [3.05, 3.63) is 23.8 Å². The molecule has 0 radical (unpaired) electrons. The maximum atomic E-state index is 6.01. The van der Waals surface area contributed by atoms with Gasteiger partial charge in [-0.2, -0.15) is 0 Å². The summed E-state index contributed by atoms with van der Waals surface area (Å²) in [5.74, 6) is 1.37. The first kappa shape index (κ1) is 22.0. The van der Waals surface area contributed by atoms with E-state index < -0.39 is 22.3 Å². The minimum atomic E-state index is -2.82. The van der Waals surface area contributed by atoms with Crippen molar-refractivity contribution in [2.75, 3.05) is 27.1 Å². The summed E-state index contributed by atoms with van der Waals surface area (Å²) in [6.45, 7) is 6.30. The molecule has 0 aliphatic carbocycles. The van der Waals surface area contributed by atoms with Crippen LogP contribution in [0.1, 0.15) is 26.3 Å². The van der Waals surface area contributed by atoms with Crippen molar-refractivity contribution in [3.63, 3.8) is 0 Å². The van der Waals surface area contributed by atoms with Gasteiger partial charge in [0, 0.05) is 0 Å².